The minimum atomic E-state index is -4.35. The van der Waals surface area contributed by atoms with Crippen molar-refractivity contribution in [1.29, 1.82) is 0 Å². The van der Waals surface area contributed by atoms with Crippen molar-refractivity contribution in [3.05, 3.63) is 17.2 Å². The van der Waals surface area contributed by atoms with Gasteiger partial charge in [-0.1, -0.05) is 6.92 Å². The van der Waals surface area contributed by atoms with Crippen LogP contribution in [0.1, 0.15) is 39.2 Å². The third kappa shape index (κ3) is 7.44. The Labute approximate surface area is 224 Å². The predicted molar refractivity (Wildman–Crippen MR) is 139 cm³/mol. The van der Waals surface area contributed by atoms with Gasteiger partial charge in [-0.3, -0.25) is 4.57 Å². The number of aryl methyl sites for hydroxylation is 1. The molecule has 0 aliphatic rings. The first-order valence-corrected chi connectivity index (χ1v) is 16.4. The van der Waals surface area contributed by atoms with Crippen molar-refractivity contribution in [3.8, 4) is 11.5 Å². The van der Waals surface area contributed by atoms with Gasteiger partial charge in [0, 0.05) is 17.1 Å². The fraction of sp³-hybridized carbons (Fsp3) is 0.619. The second kappa shape index (κ2) is 14.4. The van der Waals surface area contributed by atoms with Crippen LogP contribution in [0.4, 0.5) is 8.78 Å². The second-order valence-corrected chi connectivity index (χ2v) is 13.0. The lowest BCUT2D eigenvalue weighted by Gasteiger charge is -2.17. The van der Waals surface area contributed by atoms with E-state index in [-0.39, 0.29) is 64.5 Å². The Morgan fingerprint density at radius 1 is 0.944 bits per heavy atom. The van der Waals surface area contributed by atoms with Crippen LogP contribution in [0, 0.1) is 11.6 Å². The molecule has 15 heteroatoms. The van der Waals surface area contributed by atoms with Crippen molar-refractivity contribution in [2.75, 3.05) is 44.5 Å². The van der Waals surface area contributed by atoms with Gasteiger partial charge in [0.15, 0.2) is 11.6 Å². The lowest BCUT2D eigenvalue weighted by atomic mass is 10.1. The third-order valence-corrected chi connectivity index (χ3v) is 10.5. The Bertz CT molecular complexity index is 1170. The largest absolute Gasteiger partial charge is 0.487 e. The summed E-state index contributed by atoms with van der Waals surface area (Å²) in [6.45, 7) is 4.87. The topological polar surface area (TPSA) is 100 Å². The fourth-order valence-electron chi connectivity index (χ4n) is 3.25. The van der Waals surface area contributed by atoms with E-state index in [0.29, 0.717) is 24.2 Å². The first kappa shape index (κ1) is 31.5. The molecule has 0 fully saturated rings. The van der Waals surface area contributed by atoms with E-state index in [1.54, 1.807) is 20.8 Å². The van der Waals surface area contributed by atoms with E-state index in [4.69, 9.17) is 41.7 Å². The highest BCUT2D eigenvalue weighted by Crippen LogP contribution is 2.49. The molecule has 1 aromatic heterocycles. The van der Waals surface area contributed by atoms with Crippen LogP contribution in [0.15, 0.2) is 4.21 Å². The van der Waals surface area contributed by atoms with Crippen LogP contribution in [-0.2, 0) is 30.1 Å². The first-order valence-electron chi connectivity index (χ1n) is 11.3. The molecule has 0 saturated heterocycles. The summed E-state index contributed by atoms with van der Waals surface area (Å²) in [6, 6.07) is 0. The van der Waals surface area contributed by atoms with Gasteiger partial charge in [0.1, 0.15) is 10.5 Å². The number of nitrogens with one attached hydrogen (secondary N) is 1. The summed E-state index contributed by atoms with van der Waals surface area (Å²) in [5, 5.41) is -0.219. The molecule has 0 aliphatic heterocycles. The number of rotatable bonds is 17. The minimum absolute atomic E-state index is 0.0000958. The summed E-state index contributed by atoms with van der Waals surface area (Å²) in [4.78, 5) is 0. The zero-order chi connectivity index (χ0) is 26.9. The molecule has 0 bridgehead atoms. The molecule has 0 amide bonds. The molecule has 0 spiro atoms. The van der Waals surface area contributed by atoms with E-state index < -0.39 is 47.0 Å². The maximum absolute atomic E-state index is 15.7. The van der Waals surface area contributed by atoms with E-state index in [0.717, 1.165) is 0 Å². The predicted octanol–water partition coefficient (Wildman–Crippen LogP) is 6.26. The number of hydrogen-bond donors (Lipinski definition) is 1. The van der Waals surface area contributed by atoms with Gasteiger partial charge in [-0.05, 0) is 38.7 Å². The van der Waals surface area contributed by atoms with Gasteiger partial charge in [0.05, 0.1) is 31.1 Å². The standard InChI is InChI=1S/C21H30Cl2F2NO7PS2/c1-4-14-15-16(24)18(30-11-7-9-22)19(31-12-8-10-23)17(25)20(15)35-21(14)36(28,29)26-13-34(27,32-5-2)33-6-3/h26H,4-13H2,1-3H3. The number of hydrogen-bond acceptors (Lipinski definition) is 8. The molecule has 36 heavy (non-hydrogen) atoms. The molecule has 1 aromatic carbocycles. The van der Waals surface area contributed by atoms with Gasteiger partial charge in [-0.15, -0.1) is 34.5 Å². The van der Waals surface area contributed by atoms with E-state index in [1.807, 2.05) is 0 Å². The summed E-state index contributed by atoms with van der Waals surface area (Å²) in [6.07, 6.45) is 0.165. The Kier molecular flexibility index (Phi) is 12.6. The summed E-state index contributed by atoms with van der Waals surface area (Å²) < 4.78 is 93.3. The van der Waals surface area contributed by atoms with Gasteiger partial charge in [0.2, 0.25) is 11.5 Å². The van der Waals surface area contributed by atoms with Crippen molar-refractivity contribution < 1.29 is 40.3 Å². The highest BCUT2D eigenvalue weighted by Gasteiger charge is 2.33. The Balaban J connectivity index is 2.62. The van der Waals surface area contributed by atoms with Crippen LogP contribution in [0.5, 0.6) is 11.5 Å². The Hall–Kier alpha value is -0.720. The second-order valence-electron chi connectivity index (χ2n) is 7.25. The Morgan fingerprint density at radius 3 is 1.94 bits per heavy atom. The maximum Gasteiger partial charge on any atom is 0.345 e. The fourth-order valence-corrected chi connectivity index (χ4v) is 8.45. The van der Waals surface area contributed by atoms with Gasteiger partial charge in [-0.25, -0.2) is 17.2 Å². The number of benzene rings is 1. The molecular weight excluding hydrogens is 582 g/mol. The quantitative estimate of drug-likeness (QED) is 0.128. The van der Waals surface area contributed by atoms with Crippen LogP contribution in [0.2, 0.25) is 0 Å². The summed E-state index contributed by atoms with van der Waals surface area (Å²) in [5.74, 6) is -2.31. The average Bonchev–Trinajstić information content (AvgIpc) is 3.24. The number of alkyl halides is 2. The molecule has 1 N–H and O–H groups in total. The lowest BCUT2D eigenvalue weighted by molar-refractivity contribution is 0.219. The molecule has 2 rings (SSSR count). The smallest absolute Gasteiger partial charge is 0.345 e. The first-order chi connectivity index (χ1) is 17.1. The van der Waals surface area contributed by atoms with Crippen LogP contribution in [0.3, 0.4) is 0 Å². The Morgan fingerprint density at radius 2 is 1.47 bits per heavy atom. The SMILES string of the molecule is CCOP(=O)(CNS(=O)(=O)c1sc2c(F)c(OCCCCl)c(OCCCCl)c(F)c2c1CC)OCC. The maximum atomic E-state index is 15.7. The van der Waals surface area contributed by atoms with E-state index in [9.17, 15) is 13.0 Å². The highest BCUT2D eigenvalue weighted by atomic mass is 35.5. The normalized spacial score (nSPS) is 12.4. The number of halogens is 4. The molecule has 1 heterocycles. The minimum Gasteiger partial charge on any atom is -0.487 e. The lowest BCUT2D eigenvalue weighted by Crippen LogP contribution is -2.26. The van der Waals surface area contributed by atoms with E-state index >= 15 is 8.78 Å². The van der Waals surface area contributed by atoms with Crippen molar-refractivity contribution >= 4 is 62.2 Å². The zero-order valence-electron chi connectivity index (χ0n) is 20.2. The van der Waals surface area contributed by atoms with Crippen molar-refractivity contribution in [3.63, 3.8) is 0 Å². The molecule has 0 unspecified atom stereocenters. The number of sulfonamides is 1. The molecule has 0 saturated carbocycles. The van der Waals surface area contributed by atoms with Crippen LogP contribution < -0.4 is 14.2 Å². The van der Waals surface area contributed by atoms with Gasteiger partial charge < -0.3 is 18.5 Å². The average molecular weight is 612 g/mol. The third-order valence-electron chi connectivity index (χ3n) is 4.74. The zero-order valence-corrected chi connectivity index (χ0v) is 24.2. The van der Waals surface area contributed by atoms with Crippen molar-refractivity contribution in [1.82, 2.24) is 4.72 Å². The van der Waals surface area contributed by atoms with E-state index in [1.165, 1.54) is 0 Å². The van der Waals surface area contributed by atoms with Gasteiger partial charge in [-0.2, -0.15) is 4.72 Å². The summed E-state index contributed by atoms with van der Waals surface area (Å²) in [5.41, 5.74) is 0.0519. The summed E-state index contributed by atoms with van der Waals surface area (Å²) in [7, 11) is -8.11. The molecule has 0 aliphatic carbocycles. The number of ether oxygens (including phenoxy) is 2. The van der Waals surface area contributed by atoms with Crippen molar-refractivity contribution in [2.45, 2.75) is 44.2 Å². The molecule has 2 aromatic rings. The highest BCUT2D eigenvalue weighted by molar-refractivity contribution is 7.92. The van der Waals surface area contributed by atoms with Crippen LogP contribution in [-0.4, -0.2) is 52.9 Å². The van der Waals surface area contributed by atoms with Crippen molar-refractivity contribution in [2.24, 2.45) is 0 Å². The molecule has 206 valence electrons. The number of thiophene rings is 1. The molecular formula is C21H30Cl2F2NO7PS2. The summed E-state index contributed by atoms with van der Waals surface area (Å²) >= 11 is 11.9. The number of fused-ring (bicyclic) bond motifs is 1. The van der Waals surface area contributed by atoms with E-state index in [2.05, 4.69) is 4.72 Å². The molecule has 0 atom stereocenters. The monoisotopic (exact) mass is 611 g/mol. The van der Waals surface area contributed by atoms with Crippen LogP contribution >= 0.6 is 42.1 Å². The molecule has 8 nitrogen and oxygen atoms in total. The molecule has 0 radical (unpaired) electrons. The van der Waals surface area contributed by atoms with Gasteiger partial charge >= 0.3 is 7.60 Å². The van der Waals surface area contributed by atoms with Crippen LogP contribution in [0.25, 0.3) is 10.1 Å². The van der Waals surface area contributed by atoms with Gasteiger partial charge in [0.25, 0.3) is 10.0 Å².